The number of likely N-dealkylation sites (N-methyl/N-ethyl adjacent to an activating group) is 2. The van der Waals surface area contributed by atoms with Gasteiger partial charge >= 0.3 is 0 Å². The van der Waals surface area contributed by atoms with Crippen molar-refractivity contribution >= 4 is 17.2 Å². The second kappa shape index (κ2) is 13.1. The standard InChI is InChI=1S/C43H50N2O/c1-3-44-37-23-11-9-21-35(37)42(29-15-5-16-30-42)39(44)25-13-7-19-33-27-28-34(41(33)46)20-8-14-26-40-43(31-17-6-18-32-43)36-22-10-12-24-38(36)45(40)4-2/h7-14,19-26H,3-6,15-18,27-32H2,1-2H3/b13-7+,14-8+,33-19+,34-20+,39-25+,40-26+. The molecule has 2 aromatic carbocycles. The number of allylic oxidation sites excluding steroid dienone is 12. The molecule has 3 heteroatoms. The second-order valence-corrected chi connectivity index (χ2v) is 13.9. The Hall–Kier alpha value is -3.85. The molecule has 0 aromatic heterocycles. The van der Waals surface area contributed by atoms with Crippen LogP contribution in [-0.4, -0.2) is 18.9 Å². The Labute approximate surface area is 276 Å². The van der Waals surface area contributed by atoms with Crippen LogP contribution in [0.1, 0.15) is 102 Å². The van der Waals surface area contributed by atoms with Crippen molar-refractivity contribution in [3.8, 4) is 0 Å². The van der Waals surface area contributed by atoms with Crippen LogP contribution < -0.4 is 9.80 Å². The molecule has 0 amide bonds. The summed E-state index contributed by atoms with van der Waals surface area (Å²) < 4.78 is 0. The Kier molecular flexibility index (Phi) is 8.77. The summed E-state index contributed by atoms with van der Waals surface area (Å²) in [5.74, 6) is 0.203. The van der Waals surface area contributed by atoms with Crippen molar-refractivity contribution in [3.63, 3.8) is 0 Å². The van der Waals surface area contributed by atoms with Gasteiger partial charge in [-0.1, -0.05) is 111 Å². The number of ketones is 1. The molecular weight excluding hydrogens is 560 g/mol. The smallest absolute Gasteiger partial charge is 0.185 e. The highest BCUT2D eigenvalue weighted by Gasteiger charge is 2.47. The van der Waals surface area contributed by atoms with Crippen molar-refractivity contribution in [2.75, 3.05) is 22.9 Å². The summed E-state index contributed by atoms with van der Waals surface area (Å²) >= 11 is 0. The number of rotatable bonds is 6. The molecule has 0 saturated heterocycles. The van der Waals surface area contributed by atoms with E-state index < -0.39 is 0 Å². The van der Waals surface area contributed by atoms with Crippen LogP contribution >= 0.6 is 0 Å². The topological polar surface area (TPSA) is 23.6 Å². The van der Waals surface area contributed by atoms with Crippen LogP contribution in [0.3, 0.4) is 0 Å². The maximum Gasteiger partial charge on any atom is 0.185 e. The van der Waals surface area contributed by atoms with Gasteiger partial charge in [-0.3, -0.25) is 4.79 Å². The van der Waals surface area contributed by atoms with E-state index in [4.69, 9.17) is 0 Å². The van der Waals surface area contributed by atoms with Gasteiger partial charge in [-0.2, -0.15) is 0 Å². The third kappa shape index (κ3) is 5.17. The highest BCUT2D eigenvalue weighted by atomic mass is 16.1. The molecule has 0 radical (unpaired) electrons. The fraction of sp³-hybridized carbons (Fsp3) is 0.419. The van der Waals surface area contributed by atoms with Gasteiger partial charge in [0.05, 0.1) is 0 Å². The first-order chi connectivity index (χ1) is 22.6. The molecule has 7 rings (SSSR count). The molecule has 2 aliphatic heterocycles. The molecule has 238 valence electrons. The van der Waals surface area contributed by atoms with Gasteiger partial charge in [0.25, 0.3) is 0 Å². The molecule has 0 N–H and O–H groups in total. The molecule has 3 aliphatic carbocycles. The summed E-state index contributed by atoms with van der Waals surface area (Å²) in [4.78, 5) is 18.4. The van der Waals surface area contributed by atoms with E-state index in [1.807, 2.05) is 0 Å². The molecule has 3 nitrogen and oxygen atoms in total. The highest BCUT2D eigenvalue weighted by Crippen LogP contribution is 2.56. The first-order valence-corrected chi connectivity index (χ1v) is 18.1. The normalized spacial score (nSPS) is 25.5. The van der Waals surface area contributed by atoms with Gasteiger partial charge in [0.1, 0.15) is 0 Å². The van der Waals surface area contributed by atoms with Crippen molar-refractivity contribution in [1.29, 1.82) is 0 Å². The summed E-state index contributed by atoms with van der Waals surface area (Å²) in [6.07, 6.45) is 31.7. The molecule has 2 heterocycles. The lowest BCUT2D eigenvalue weighted by atomic mass is 9.68. The first-order valence-electron chi connectivity index (χ1n) is 18.1. The number of carbonyl (C=O) groups excluding carboxylic acids is 1. The van der Waals surface area contributed by atoms with Crippen LogP contribution in [-0.2, 0) is 15.6 Å². The largest absolute Gasteiger partial charge is 0.344 e. The number of nitrogens with zero attached hydrogens (tertiary/aromatic N) is 2. The molecule has 5 aliphatic rings. The lowest BCUT2D eigenvalue weighted by Crippen LogP contribution is -2.33. The molecule has 2 spiro atoms. The quantitative estimate of drug-likeness (QED) is 0.304. The second-order valence-electron chi connectivity index (χ2n) is 13.9. The summed E-state index contributed by atoms with van der Waals surface area (Å²) in [6.45, 7) is 6.46. The van der Waals surface area contributed by atoms with Crippen LogP contribution in [0.4, 0.5) is 11.4 Å². The molecular formula is C43H50N2O. The Morgan fingerprint density at radius 2 is 0.957 bits per heavy atom. The molecule has 0 bridgehead atoms. The van der Waals surface area contributed by atoms with Crippen molar-refractivity contribution in [3.05, 3.63) is 131 Å². The van der Waals surface area contributed by atoms with E-state index in [0.717, 1.165) is 37.1 Å². The monoisotopic (exact) mass is 610 g/mol. The molecule has 0 atom stereocenters. The number of Topliss-reactive ketones (excluding diaryl/α,β-unsaturated/α-hetero) is 1. The van der Waals surface area contributed by atoms with E-state index in [9.17, 15) is 4.79 Å². The number of fused-ring (bicyclic) bond motifs is 4. The van der Waals surface area contributed by atoms with E-state index in [1.165, 1.54) is 98.1 Å². The summed E-state index contributed by atoms with van der Waals surface area (Å²) in [5.41, 5.74) is 10.8. The SMILES string of the molecule is CCN1/C(=C/C=C/C=C2\CC\C(=C/C=C/C=C3/N(CC)c4ccccc4C34CCCCC4)C2=O)C2(CCCCC2)c2ccccc21. The molecule has 46 heavy (non-hydrogen) atoms. The summed E-state index contributed by atoms with van der Waals surface area (Å²) in [6, 6.07) is 18.0. The number of para-hydroxylation sites is 2. The van der Waals surface area contributed by atoms with E-state index >= 15 is 0 Å². The first kappa shape index (κ1) is 30.8. The number of benzene rings is 2. The zero-order valence-corrected chi connectivity index (χ0v) is 27.9. The number of hydrogen-bond acceptors (Lipinski definition) is 3. The maximum atomic E-state index is 13.3. The molecule has 0 unspecified atom stereocenters. The average molecular weight is 611 g/mol. The van der Waals surface area contributed by atoms with Crippen molar-refractivity contribution in [2.24, 2.45) is 0 Å². The predicted octanol–water partition coefficient (Wildman–Crippen LogP) is 10.6. The highest BCUT2D eigenvalue weighted by molar-refractivity contribution is 6.11. The van der Waals surface area contributed by atoms with Crippen LogP contribution in [0.2, 0.25) is 0 Å². The Morgan fingerprint density at radius 1 is 0.565 bits per heavy atom. The van der Waals surface area contributed by atoms with Gasteiger partial charge < -0.3 is 9.80 Å². The minimum atomic E-state index is 0.134. The fourth-order valence-corrected chi connectivity index (χ4v) is 9.48. The zero-order chi connectivity index (χ0) is 31.6. The lowest BCUT2D eigenvalue weighted by molar-refractivity contribution is -0.111. The Bertz CT molecular complexity index is 1530. The molecule has 3 saturated carbocycles. The van der Waals surface area contributed by atoms with Gasteiger partial charge in [0.2, 0.25) is 0 Å². The predicted molar refractivity (Wildman–Crippen MR) is 193 cm³/mol. The van der Waals surface area contributed by atoms with Crippen molar-refractivity contribution < 1.29 is 4.79 Å². The van der Waals surface area contributed by atoms with Crippen LogP contribution in [0.5, 0.6) is 0 Å². The Morgan fingerprint density at radius 3 is 1.37 bits per heavy atom. The lowest BCUT2D eigenvalue weighted by Gasteiger charge is -2.36. The molecule has 2 aromatic rings. The van der Waals surface area contributed by atoms with E-state index in [2.05, 4.69) is 121 Å². The zero-order valence-electron chi connectivity index (χ0n) is 27.9. The third-order valence-electron chi connectivity index (χ3n) is 11.6. The van der Waals surface area contributed by atoms with Crippen molar-refractivity contribution in [2.45, 2.75) is 102 Å². The third-order valence-corrected chi connectivity index (χ3v) is 11.6. The minimum absolute atomic E-state index is 0.134. The van der Waals surface area contributed by atoms with E-state index in [1.54, 1.807) is 0 Å². The van der Waals surface area contributed by atoms with E-state index in [0.29, 0.717) is 0 Å². The maximum absolute atomic E-state index is 13.3. The van der Waals surface area contributed by atoms with E-state index in [-0.39, 0.29) is 16.6 Å². The van der Waals surface area contributed by atoms with Crippen LogP contribution in [0.25, 0.3) is 0 Å². The van der Waals surface area contributed by atoms with Crippen LogP contribution in [0, 0.1) is 0 Å². The van der Waals surface area contributed by atoms with Gasteiger partial charge in [-0.15, -0.1) is 0 Å². The van der Waals surface area contributed by atoms with Gasteiger partial charge in [0, 0.05) is 57.8 Å². The average Bonchev–Trinajstić information content (AvgIpc) is 3.67. The van der Waals surface area contributed by atoms with Crippen LogP contribution in [0.15, 0.2) is 120 Å². The van der Waals surface area contributed by atoms with Gasteiger partial charge in [0.15, 0.2) is 5.78 Å². The fourth-order valence-electron chi connectivity index (χ4n) is 9.48. The summed E-state index contributed by atoms with van der Waals surface area (Å²) in [5, 5.41) is 0. The summed E-state index contributed by atoms with van der Waals surface area (Å²) in [7, 11) is 0. The van der Waals surface area contributed by atoms with Crippen molar-refractivity contribution in [1.82, 2.24) is 0 Å². The number of carbonyl (C=O) groups is 1. The number of anilines is 2. The van der Waals surface area contributed by atoms with Gasteiger partial charge in [-0.05, 0) is 87.8 Å². The minimum Gasteiger partial charge on any atom is -0.344 e. The Balaban J connectivity index is 1.07. The molecule has 3 fully saturated rings. The van der Waals surface area contributed by atoms with Gasteiger partial charge in [-0.25, -0.2) is 0 Å². The number of hydrogen-bond donors (Lipinski definition) is 0.